The molecule has 2 atom stereocenters. The highest BCUT2D eigenvalue weighted by molar-refractivity contribution is 5.86. The number of anilines is 1. The first-order chi connectivity index (χ1) is 17.3. The van der Waals surface area contributed by atoms with E-state index in [9.17, 15) is 18.8 Å². The summed E-state index contributed by atoms with van der Waals surface area (Å²) in [4.78, 5) is 43.3. The van der Waals surface area contributed by atoms with Crippen LogP contribution < -0.4 is 15.5 Å². The average Bonchev–Trinajstić information content (AvgIpc) is 3.17. The monoisotopic (exact) mass is 503 g/mol. The zero-order valence-corrected chi connectivity index (χ0v) is 21.3. The third-order valence-corrected chi connectivity index (χ3v) is 7.91. The smallest absolute Gasteiger partial charge is 0.407 e. The van der Waals surface area contributed by atoms with Crippen LogP contribution in [0.3, 0.4) is 0 Å². The lowest BCUT2D eigenvalue weighted by molar-refractivity contribution is -0.137. The minimum atomic E-state index is -0.594. The molecule has 3 fully saturated rings. The van der Waals surface area contributed by atoms with Crippen molar-refractivity contribution in [2.75, 3.05) is 57.3 Å². The first-order valence-electron chi connectivity index (χ1n) is 13.0. The highest BCUT2D eigenvalue weighted by atomic mass is 19.1. The molecule has 0 radical (unpaired) electrons. The van der Waals surface area contributed by atoms with Gasteiger partial charge in [0, 0.05) is 57.0 Å². The van der Waals surface area contributed by atoms with E-state index in [4.69, 9.17) is 4.74 Å². The summed E-state index contributed by atoms with van der Waals surface area (Å²) in [5.74, 6) is -0.259. The molecule has 1 aromatic rings. The maximum absolute atomic E-state index is 13.2. The van der Waals surface area contributed by atoms with E-state index in [2.05, 4.69) is 27.4 Å². The largest absolute Gasteiger partial charge is 0.450 e. The highest BCUT2D eigenvalue weighted by Crippen LogP contribution is 2.41. The Morgan fingerprint density at radius 1 is 1.17 bits per heavy atom. The topological polar surface area (TPSA) is 94.2 Å². The van der Waals surface area contributed by atoms with Crippen LogP contribution in [0.1, 0.15) is 39.5 Å². The van der Waals surface area contributed by atoms with Crippen molar-refractivity contribution >= 4 is 23.6 Å². The van der Waals surface area contributed by atoms with E-state index >= 15 is 0 Å². The molecule has 36 heavy (non-hydrogen) atoms. The van der Waals surface area contributed by atoms with Crippen molar-refractivity contribution in [2.45, 2.75) is 51.6 Å². The molecule has 4 rings (SSSR count). The molecular formula is C26H38FN5O4. The minimum absolute atomic E-state index is 0.0900. The van der Waals surface area contributed by atoms with Gasteiger partial charge in [-0.15, -0.1) is 0 Å². The summed E-state index contributed by atoms with van der Waals surface area (Å²) in [6.45, 7) is 8.77. The maximum Gasteiger partial charge on any atom is 0.407 e. The Kier molecular flexibility index (Phi) is 8.33. The molecule has 3 aliphatic heterocycles. The van der Waals surface area contributed by atoms with Gasteiger partial charge in [0.05, 0.1) is 12.0 Å². The SMILES string of the molecule is CCOC(=O)NCC(=O)N1CCC2(CC1)C[C@H](CCN1CCN(c3ccc(F)cc3)C[C@H]1C)NC2=O. The zero-order valence-electron chi connectivity index (χ0n) is 21.3. The number of piperidine rings is 1. The van der Waals surface area contributed by atoms with Gasteiger partial charge in [-0.1, -0.05) is 0 Å². The van der Waals surface area contributed by atoms with Gasteiger partial charge in [-0.2, -0.15) is 0 Å². The first kappa shape index (κ1) is 26.2. The van der Waals surface area contributed by atoms with Crippen molar-refractivity contribution in [1.82, 2.24) is 20.4 Å². The molecule has 3 aliphatic rings. The third kappa shape index (κ3) is 6.08. The van der Waals surface area contributed by atoms with E-state index < -0.39 is 11.5 Å². The second-order valence-electron chi connectivity index (χ2n) is 10.2. The number of nitrogens with zero attached hydrogens (tertiary/aromatic N) is 3. The molecule has 3 saturated heterocycles. The van der Waals surface area contributed by atoms with E-state index in [1.807, 2.05) is 12.1 Å². The number of amides is 3. The van der Waals surface area contributed by atoms with Gasteiger partial charge in [0.25, 0.3) is 0 Å². The van der Waals surface area contributed by atoms with Crippen LogP contribution in [0, 0.1) is 11.2 Å². The van der Waals surface area contributed by atoms with Crippen LogP contribution in [0.15, 0.2) is 24.3 Å². The van der Waals surface area contributed by atoms with Gasteiger partial charge < -0.3 is 25.2 Å². The summed E-state index contributed by atoms with van der Waals surface area (Å²) < 4.78 is 18.0. The predicted molar refractivity (Wildman–Crippen MR) is 134 cm³/mol. The fraction of sp³-hybridized carbons (Fsp3) is 0.654. The lowest BCUT2D eigenvalue weighted by Gasteiger charge is -2.41. The Hall–Kier alpha value is -2.88. The number of hydrogen-bond donors (Lipinski definition) is 2. The Bertz CT molecular complexity index is 935. The number of hydrogen-bond acceptors (Lipinski definition) is 6. The Morgan fingerprint density at radius 2 is 1.89 bits per heavy atom. The van der Waals surface area contributed by atoms with E-state index in [0.29, 0.717) is 32.0 Å². The minimum Gasteiger partial charge on any atom is -0.450 e. The molecular weight excluding hydrogens is 465 g/mol. The lowest BCUT2D eigenvalue weighted by Crippen LogP contribution is -2.52. The lowest BCUT2D eigenvalue weighted by atomic mass is 9.75. The molecule has 2 N–H and O–H groups in total. The fourth-order valence-electron chi connectivity index (χ4n) is 5.72. The number of carbonyl (C=O) groups excluding carboxylic acids is 3. The number of halogens is 1. The Balaban J connectivity index is 1.20. The van der Waals surface area contributed by atoms with E-state index in [0.717, 1.165) is 44.7 Å². The summed E-state index contributed by atoms with van der Waals surface area (Å²) in [5.41, 5.74) is 0.650. The van der Waals surface area contributed by atoms with E-state index in [-0.39, 0.29) is 36.8 Å². The molecule has 10 heteroatoms. The number of carbonyl (C=O) groups is 3. The first-order valence-corrected chi connectivity index (χ1v) is 13.0. The van der Waals surface area contributed by atoms with Crippen molar-refractivity contribution < 1.29 is 23.5 Å². The maximum atomic E-state index is 13.2. The van der Waals surface area contributed by atoms with Crippen LogP contribution in [0.2, 0.25) is 0 Å². The van der Waals surface area contributed by atoms with Crippen molar-refractivity contribution in [3.05, 3.63) is 30.1 Å². The summed E-state index contributed by atoms with van der Waals surface area (Å²) in [6, 6.07) is 7.19. The van der Waals surface area contributed by atoms with Crippen molar-refractivity contribution in [1.29, 1.82) is 0 Å². The predicted octanol–water partition coefficient (Wildman–Crippen LogP) is 1.97. The summed E-state index contributed by atoms with van der Waals surface area (Å²) in [7, 11) is 0. The van der Waals surface area contributed by atoms with Gasteiger partial charge in [-0.25, -0.2) is 9.18 Å². The summed E-state index contributed by atoms with van der Waals surface area (Å²) in [5, 5.41) is 5.69. The van der Waals surface area contributed by atoms with Crippen molar-refractivity contribution in [2.24, 2.45) is 5.41 Å². The van der Waals surface area contributed by atoms with Gasteiger partial charge in [-0.3, -0.25) is 14.5 Å². The van der Waals surface area contributed by atoms with E-state index in [1.54, 1.807) is 11.8 Å². The van der Waals surface area contributed by atoms with Gasteiger partial charge in [0.2, 0.25) is 11.8 Å². The highest BCUT2D eigenvalue weighted by Gasteiger charge is 2.48. The van der Waals surface area contributed by atoms with Crippen molar-refractivity contribution in [3.8, 4) is 0 Å². The fourth-order valence-corrected chi connectivity index (χ4v) is 5.72. The molecule has 1 spiro atoms. The molecule has 9 nitrogen and oxygen atoms in total. The Labute approximate surface area is 212 Å². The van der Waals surface area contributed by atoms with Crippen LogP contribution in [-0.4, -0.2) is 92.2 Å². The van der Waals surface area contributed by atoms with Crippen molar-refractivity contribution in [3.63, 3.8) is 0 Å². The standard InChI is InChI=1S/C26H38FN5O4/c1-3-36-25(35)28-17-23(33)31-12-9-26(10-13-31)16-21(29-24(26)34)8-11-30-14-15-32(18-19(30)2)22-6-4-20(27)5-7-22/h4-7,19,21H,3,8-18H2,1-2H3,(H,28,35)(H,29,34)/t19-,21+/m1/s1. The van der Waals surface area contributed by atoms with E-state index in [1.165, 1.54) is 12.1 Å². The molecule has 3 amide bonds. The molecule has 0 saturated carbocycles. The molecule has 1 aromatic carbocycles. The van der Waals surface area contributed by atoms with Gasteiger partial charge in [0.15, 0.2) is 0 Å². The van der Waals surface area contributed by atoms with Crippen LogP contribution >= 0.6 is 0 Å². The molecule has 3 heterocycles. The Morgan fingerprint density at radius 3 is 2.56 bits per heavy atom. The average molecular weight is 504 g/mol. The molecule has 0 bridgehead atoms. The molecule has 0 aromatic heterocycles. The second-order valence-corrected chi connectivity index (χ2v) is 10.2. The van der Waals surface area contributed by atoms with Crippen LogP contribution in [0.4, 0.5) is 14.9 Å². The molecule has 0 unspecified atom stereocenters. The number of piperazine rings is 1. The quantitative estimate of drug-likeness (QED) is 0.591. The number of rotatable bonds is 7. The number of nitrogens with one attached hydrogen (secondary N) is 2. The van der Waals surface area contributed by atoms with Crippen LogP contribution in [-0.2, 0) is 14.3 Å². The normalized spacial score (nSPS) is 24.0. The number of likely N-dealkylation sites (tertiary alicyclic amines) is 1. The van der Waals surface area contributed by atoms with Gasteiger partial charge in [-0.05, 0) is 63.8 Å². The van der Waals surface area contributed by atoms with Gasteiger partial charge in [0.1, 0.15) is 12.4 Å². The third-order valence-electron chi connectivity index (χ3n) is 7.91. The second kappa shape index (κ2) is 11.5. The number of benzene rings is 1. The number of alkyl carbamates (subject to hydrolysis) is 1. The summed E-state index contributed by atoms with van der Waals surface area (Å²) >= 11 is 0. The van der Waals surface area contributed by atoms with Crippen LogP contribution in [0.25, 0.3) is 0 Å². The summed E-state index contributed by atoms with van der Waals surface area (Å²) in [6.07, 6.45) is 2.41. The van der Waals surface area contributed by atoms with Crippen LogP contribution in [0.5, 0.6) is 0 Å². The zero-order chi connectivity index (χ0) is 25.7. The molecule has 198 valence electrons. The van der Waals surface area contributed by atoms with Gasteiger partial charge >= 0.3 is 6.09 Å². The number of ether oxygens (including phenoxy) is 1. The molecule has 0 aliphatic carbocycles.